The van der Waals surface area contributed by atoms with Crippen LogP contribution in [0.1, 0.15) is 36.3 Å². The molecule has 0 saturated carbocycles. The van der Waals surface area contributed by atoms with Gasteiger partial charge in [0.2, 0.25) is 0 Å². The Morgan fingerprint density at radius 2 is 2.12 bits per heavy atom. The van der Waals surface area contributed by atoms with Gasteiger partial charge in [-0.3, -0.25) is 14.3 Å². The van der Waals surface area contributed by atoms with E-state index in [0.717, 1.165) is 24.9 Å². The van der Waals surface area contributed by atoms with Crippen molar-refractivity contribution in [3.05, 3.63) is 68.5 Å². The molecule has 2 aromatic rings. The minimum absolute atomic E-state index is 0.0777. The van der Waals surface area contributed by atoms with Crippen molar-refractivity contribution in [2.45, 2.75) is 55.9 Å². The van der Waals surface area contributed by atoms with Gasteiger partial charge in [0, 0.05) is 24.3 Å². The molecule has 6 rings (SSSR count). The molecule has 2 bridgehead atoms. The minimum Gasteiger partial charge on any atom is -0.393 e. The zero-order valence-electron chi connectivity index (χ0n) is 18.1. The number of nitrogens with zero attached hydrogens (tertiary/aromatic N) is 2. The van der Waals surface area contributed by atoms with Crippen molar-refractivity contribution in [3.8, 4) is 0 Å². The summed E-state index contributed by atoms with van der Waals surface area (Å²) in [5, 5.41) is 10.3. The highest BCUT2D eigenvalue weighted by Gasteiger charge is 2.65. The zero-order chi connectivity index (χ0) is 22.7. The summed E-state index contributed by atoms with van der Waals surface area (Å²) in [6.45, 7) is 2.33. The first-order valence-electron chi connectivity index (χ1n) is 11.2. The van der Waals surface area contributed by atoms with Crippen molar-refractivity contribution in [2.75, 3.05) is 19.8 Å². The van der Waals surface area contributed by atoms with Crippen LogP contribution in [0.2, 0.25) is 0 Å². The van der Waals surface area contributed by atoms with Gasteiger partial charge >= 0.3 is 5.69 Å². The number of aromatic nitrogens is 2. The highest BCUT2D eigenvalue weighted by atomic mass is 31.2. The van der Waals surface area contributed by atoms with Crippen molar-refractivity contribution in [2.24, 2.45) is 0 Å². The summed E-state index contributed by atoms with van der Waals surface area (Å²) in [4.78, 5) is 26.6. The van der Waals surface area contributed by atoms with E-state index in [9.17, 15) is 14.7 Å². The number of aromatic amines is 1. The molecular formula is C22H26N3O7P. The summed E-state index contributed by atoms with van der Waals surface area (Å²) < 4.78 is 28.7. The Morgan fingerprint density at radius 3 is 2.91 bits per heavy atom. The average molecular weight is 475 g/mol. The monoisotopic (exact) mass is 475 g/mol. The van der Waals surface area contributed by atoms with E-state index in [1.54, 1.807) is 6.92 Å². The third kappa shape index (κ3) is 3.36. The first-order chi connectivity index (χ1) is 16.0. The molecule has 1 unspecified atom stereocenters. The molecule has 0 spiro atoms. The molecule has 11 heteroatoms. The van der Waals surface area contributed by atoms with Gasteiger partial charge in [-0.05, 0) is 25.3 Å². The van der Waals surface area contributed by atoms with Crippen LogP contribution in [0.3, 0.4) is 0 Å². The van der Waals surface area contributed by atoms with Crippen LogP contribution in [0.5, 0.6) is 0 Å². The summed E-state index contributed by atoms with van der Waals surface area (Å²) in [5.41, 5.74) is -0.643. The summed E-state index contributed by atoms with van der Waals surface area (Å²) in [6, 6.07) is 10.4. The molecule has 1 aromatic heterocycles. The Kier molecular flexibility index (Phi) is 5.30. The van der Waals surface area contributed by atoms with E-state index >= 15 is 0 Å². The number of ether oxygens (including phenoxy) is 2. The number of H-pyrrole nitrogens is 1. The van der Waals surface area contributed by atoms with Crippen LogP contribution in [0.4, 0.5) is 0 Å². The molecular weight excluding hydrogens is 449 g/mol. The van der Waals surface area contributed by atoms with Gasteiger partial charge in [0.25, 0.3) is 14.1 Å². The first-order valence-corrected chi connectivity index (χ1v) is 12.3. The predicted molar refractivity (Wildman–Crippen MR) is 118 cm³/mol. The zero-order valence-corrected chi connectivity index (χ0v) is 19.0. The summed E-state index contributed by atoms with van der Waals surface area (Å²) in [6.07, 6.45) is 1.42. The molecule has 0 amide bonds. The Labute approximate surface area is 191 Å². The molecule has 176 valence electrons. The van der Waals surface area contributed by atoms with Gasteiger partial charge in [-0.2, -0.15) is 0 Å². The largest absolute Gasteiger partial charge is 0.393 e. The Hall–Kier alpha value is -1.91. The lowest BCUT2D eigenvalue weighted by Gasteiger charge is -2.30. The fourth-order valence-electron chi connectivity index (χ4n) is 5.29. The molecule has 10 nitrogen and oxygen atoms in total. The molecule has 5 heterocycles. The third-order valence-corrected chi connectivity index (χ3v) is 8.76. The van der Waals surface area contributed by atoms with Crippen LogP contribution in [0.25, 0.3) is 0 Å². The lowest BCUT2D eigenvalue weighted by molar-refractivity contribution is -0.187. The van der Waals surface area contributed by atoms with Gasteiger partial charge in [0.15, 0.2) is 6.23 Å². The normalized spacial score (nSPS) is 37.6. The minimum atomic E-state index is -1.40. The molecule has 0 aliphatic carbocycles. The topological polar surface area (TPSA) is 115 Å². The molecule has 4 saturated heterocycles. The second-order valence-corrected chi connectivity index (χ2v) is 10.5. The number of aryl methyl sites for hydroxylation is 1. The number of hydrogen-bond acceptors (Lipinski definition) is 8. The average Bonchev–Trinajstić information content (AvgIpc) is 3.58. The van der Waals surface area contributed by atoms with E-state index in [-0.39, 0.29) is 25.4 Å². The van der Waals surface area contributed by atoms with Crippen LogP contribution in [-0.2, 0) is 18.5 Å². The molecule has 4 aliphatic rings. The number of fused-ring (bicyclic) bond motifs is 3. The molecule has 0 radical (unpaired) electrons. The standard InChI is InChI=1S/C22H26N3O7P/c1-13-10-24(21(28)23-19(13)27)20-17-18(22(11-26,30-20)12-29-17)32-33-25-9-5-8-15(25)16(31-33)14-6-3-2-4-7-14/h2-4,6-7,10,15-18,20,26H,5,8-9,11-12H2,1H3,(H,23,27,28)/t15-,16+,17-,18?,20+,22-,33+/m0/s1. The van der Waals surface area contributed by atoms with Crippen LogP contribution >= 0.6 is 8.53 Å². The van der Waals surface area contributed by atoms with Crippen molar-refractivity contribution in [1.82, 2.24) is 14.2 Å². The second-order valence-electron chi connectivity index (χ2n) is 9.06. The molecule has 4 aliphatic heterocycles. The van der Waals surface area contributed by atoms with E-state index in [2.05, 4.69) is 21.8 Å². The van der Waals surface area contributed by atoms with Crippen LogP contribution in [0.15, 0.2) is 46.1 Å². The molecule has 1 aromatic carbocycles. The van der Waals surface area contributed by atoms with Gasteiger partial charge in [0.05, 0.1) is 13.2 Å². The molecule has 7 atom stereocenters. The van der Waals surface area contributed by atoms with Crippen LogP contribution in [-0.4, -0.2) is 62.9 Å². The number of aliphatic hydroxyl groups excluding tert-OH is 1. The van der Waals surface area contributed by atoms with Crippen molar-refractivity contribution in [1.29, 1.82) is 0 Å². The molecule has 33 heavy (non-hydrogen) atoms. The smallest absolute Gasteiger partial charge is 0.330 e. The Morgan fingerprint density at radius 1 is 1.30 bits per heavy atom. The molecule has 2 N–H and O–H groups in total. The van der Waals surface area contributed by atoms with E-state index in [4.69, 9.17) is 18.5 Å². The van der Waals surface area contributed by atoms with E-state index in [1.165, 1.54) is 10.8 Å². The van der Waals surface area contributed by atoms with Gasteiger partial charge < -0.3 is 23.6 Å². The number of benzene rings is 1. The van der Waals surface area contributed by atoms with E-state index < -0.39 is 43.8 Å². The second kappa shape index (κ2) is 8.09. The van der Waals surface area contributed by atoms with Gasteiger partial charge in [-0.15, -0.1) is 0 Å². The molecule has 4 fully saturated rings. The van der Waals surface area contributed by atoms with Crippen LogP contribution < -0.4 is 11.2 Å². The predicted octanol–water partition coefficient (Wildman–Crippen LogP) is 1.35. The van der Waals surface area contributed by atoms with Crippen LogP contribution in [0, 0.1) is 6.92 Å². The number of rotatable bonds is 5. The summed E-state index contributed by atoms with van der Waals surface area (Å²) in [7, 11) is -1.40. The summed E-state index contributed by atoms with van der Waals surface area (Å²) in [5.74, 6) is 0. The Bertz CT molecular complexity index is 1160. The quantitative estimate of drug-likeness (QED) is 0.623. The highest BCUT2D eigenvalue weighted by Crippen LogP contribution is 2.63. The third-order valence-electron chi connectivity index (χ3n) is 7.03. The Balaban J connectivity index is 1.29. The fraction of sp³-hybridized carbons (Fsp3) is 0.545. The summed E-state index contributed by atoms with van der Waals surface area (Å²) >= 11 is 0. The lowest BCUT2D eigenvalue weighted by Crippen LogP contribution is -2.45. The number of hydrogen-bond donors (Lipinski definition) is 2. The van der Waals surface area contributed by atoms with E-state index in [1.807, 2.05) is 18.2 Å². The lowest BCUT2D eigenvalue weighted by atomic mass is 10.0. The van der Waals surface area contributed by atoms with Gasteiger partial charge in [0.1, 0.15) is 23.9 Å². The number of aliphatic hydroxyl groups is 1. The maximum absolute atomic E-state index is 12.5. The van der Waals surface area contributed by atoms with Gasteiger partial charge in [-0.25, -0.2) is 9.46 Å². The maximum atomic E-state index is 12.5. The number of nitrogens with one attached hydrogen (secondary N) is 1. The maximum Gasteiger partial charge on any atom is 0.330 e. The first kappa shape index (κ1) is 21.6. The van der Waals surface area contributed by atoms with Gasteiger partial charge in [-0.1, -0.05) is 30.3 Å². The van der Waals surface area contributed by atoms with Crippen molar-refractivity contribution in [3.63, 3.8) is 0 Å². The van der Waals surface area contributed by atoms with Crippen molar-refractivity contribution < 1.29 is 23.6 Å². The van der Waals surface area contributed by atoms with Crippen molar-refractivity contribution >= 4 is 8.53 Å². The highest BCUT2D eigenvalue weighted by molar-refractivity contribution is 7.45. The fourth-order valence-corrected chi connectivity index (χ4v) is 7.33. The SMILES string of the molecule is Cc1cn([C@@H]2O[C@@]3(CO)CO[C@H]2C3O[P@@]2O[C@H](c3ccccc3)[C@@H]3CCCN32)c(=O)[nH]c1=O. The van der Waals surface area contributed by atoms with E-state index in [0.29, 0.717) is 5.56 Å².